The van der Waals surface area contributed by atoms with E-state index in [-0.39, 0.29) is 18.6 Å². The Morgan fingerprint density at radius 3 is 2.72 bits per heavy atom. The smallest absolute Gasteiger partial charge is 0.302 e. The Balaban J connectivity index is 1.20. The minimum Gasteiger partial charge on any atom is -0.472 e. The van der Waals surface area contributed by atoms with Crippen LogP contribution in [0.1, 0.15) is 23.9 Å². The van der Waals surface area contributed by atoms with E-state index in [1.807, 2.05) is 6.07 Å². The van der Waals surface area contributed by atoms with Crippen LogP contribution in [0, 0.1) is 0 Å². The van der Waals surface area contributed by atoms with Gasteiger partial charge < -0.3 is 18.9 Å². The minimum absolute atomic E-state index is 0.198. The van der Waals surface area contributed by atoms with Gasteiger partial charge in [-0.3, -0.25) is 4.79 Å². The molecule has 9 nitrogen and oxygen atoms in total. The number of hydrogen-bond acceptors (Lipinski definition) is 9. The number of esters is 1. The Kier molecular flexibility index (Phi) is 5.37. The summed E-state index contributed by atoms with van der Waals surface area (Å²) in [5, 5.41) is 11.4. The number of ether oxygens (including phenoxy) is 1. The second-order valence-corrected chi connectivity index (χ2v) is 7.63. The second-order valence-electron chi connectivity index (χ2n) is 7.63. The third-order valence-corrected chi connectivity index (χ3v) is 5.31. The van der Waals surface area contributed by atoms with E-state index in [0.29, 0.717) is 29.7 Å². The summed E-state index contributed by atoms with van der Waals surface area (Å²) in [6.45, 7) is 1.55. The molecular formula is C23H21N5O4. The molecule has 0 saturated heterocycles. The molecular weight excluding hydrogens is 410 g/mol. The maximum Gasteiger partial charge on any atom is 0.302 e. The number of carbonyl (C=O) groups excluding carboxylic acids is 1. The molecule has 0 aliphatic heterocycles. The van der Waals surface area contributed by atoms with Crippen molar-refractivity contribution in [3.05, 3.63) is 66.2 Å². The van der Waals surface area contributed by atoms with Crippen LogP contribution < -0.4 is 5.32 Å². The van der Waals surface area contributed by atoms with Crippen LogP contribution in [0.5, 0.6) is 0 Å². The predicted molar refractivity (Wildman–Crippen MR) is 115 cm³/mol. The second kappa shape index (κ2) is 8.62. The number of benzene rings is 1. The van der Waals surface area contributed by atoms with Crippen molar-refractivity contribution >= 4 is 11.9 Å². The number of nitrogens with zero attached hydrogens (tertiary/aromatic N) is 4. The van der Waals surface area contributed by atoms with Gasteiger partial charge in [0.25, 0.3) is 5.89 Å². The normalized spacial score (nSPS) is 14.8. The highest BCUT2D eigenvalue weighted by molar-refractivity contribution is 5.66. The molecule has 9 heteroatoms. The van der Waals surface area contributed by atoms with Crippen molar-refractivity contribution in [2.45, 2.75) is 32.2 Å². The first kappa shape index (κ1) is 19.9. The lowest BCUT2D eigenvalue weighted by Gasteiger charge is -2.11. The van der Waals surface area contributed by atoms with Crippen molar-refractivity contribution in [2.75, 3.05) is 11.9 Å². The highest BCUT2D eigenvalue weighted by Gasteiger charge is 2.22. The van der Waals surface area contributed by atoms with Gasteiger partial charge in [0.15, 0.2) is 0 Å². The standard InChI is InChI=1S/C23H21N5O4/c1-14(29)31-7-5-21-27-28-22(32-21)19-11-24-23(25-12-19)26-20-9-16-3-2-15(8-18(16)10-20)17-4-6-30-13-17/h2-4,6,8,11-13,20H,5,7,9-10H2,1H3,(H,24,25,26). The van der Waals surface area contributed by atoms with Crippen LogP contribution in [0.15, 0.2) is 58.0 Å². The fourth-order valence-corrected chi connectivity index (χ4v) is 3.78. The van der Waals surface area contributed by atoms with Gasteiger partial charge in [-0.25, -0.2) is 9.97 Å². The summed E-state index contributed by atoms with van der Waals surface area (Å²) in [5.74, 6) is 0.928. The molecule has 1 unspecified atom stereocenters. The van der Waals surface area contributed by atoms with Crippen molar-refractivity contribution in [3.63, 3.8) is 0 Å². The molecule has 0 spiro atoms. The lowest BCUT2D eigenvalue weighted by atomic mass is 10.0. The molecule has 3 aromatic heterocycles. The van der Waals surface area contributed by atoms with E-state index in [1.165, 1.54) is 18.1 Å². The van der Waals surface area contributed by atoms with Crippen molar-refractivity contribution in [2.24, 2.45) is 0 Å². The number of furan rings is 1. The van der Waals surface area contributed by atoms with Crippen molar-refractivity contribution in [1.82, 2.24) is 20.2 Å². The lowest BCUT2D eigenvalue weighted by molar-refractivity contribution is -0.140. The van der Waals surface area contributed by atoms with Crippen molar-refractivity contribution in [1.29, 1.82) is 0 Å². The summed E-state index contributed by atoms with van der Waals surface area (Å²) < 4.78 is 15.7. The molecule has 0 amide bonds. The summed E-state index contributed by atoms with van der Waals surface area (Å²) in [5.41, 5.74) is 5.52. The third kappa shape index (κ3) is 4.36. The Morgan fingerprint density at radius 2 is 1.94 bits per heavy atom. The molecule has 3 heterocycles. The van der Waals surface area contributed by atoms with Crippen molar-refractivity contribution in [3.8, 4) is 22.6 Å². The van der Waals surface area contributed by atoms with Crippen LogP contribution >= 0.6 is 0 Å². The molecule has 5 rings (SSSR count). The van der Waals surface area contributed by atoms with Crippen molar-refractivity contribution < 1.29 is 18.4 Å². The maximum atomic E-state index is 10.8. The molecule has 162 valence electrons. The molecule has 1 aliphatic carbocycles. The summed E-state index contributed by atoms with van der Waals surface area (Å²) in [6, 6.07) is 8.72. The van der Waals surface area contributed by atoms with E-state index in [2.05, 4.69) is 43.7 Å². The highest BCUT2D eigenvalue weighted by Crippen LogP contribution is 2.29. The molecule has 1 aliphatic rings. The summed E-state index contributed by atoms with van der Waals surface area (Å²) in [7, 11) is 0. The van der Waals surface area contributed by atoms with Gasteiger partial charge in [-0.15, -0.1) is 10.2 Å². The van der Waals surface area contributed by atoms with E-state index in [1.54, 1.807) is 24.9 Å². The fourth-order valence-electron chi connectivity index (χ4n) is 3.78. The van der Waals surface area contributed by atoms with Crippen LogP contribution in [0.3, 0.4) is 0 Å². The Labute approximate surface area is 183 Å². The Bertz CT molecular complexity index is 1220. The summed E-state index contributed by atoms with van der Waals surface area (Å²) in [6.07, 6.45) is 8.93. The van der Waals surface area contributed by atoms with Gasteiger partial charge in [-0.2, -0.15) is 0 Å². The molecule has 0 bridgehead atoms. The largest absolute Gasteiger partial charge is 0.472 e. The third-order valence-electron chi connectivity index (χ3n) is 5.31. The molecule has 1 atom stereocenters. The zero-order chi connectivity index (χ0) is 21.9. The topological polar surface area (TPSA) is 116 Å². The van der Waals surface area contributed by atoms with Gasteiger partial charge in [0.1, 0.15) is 6.61 Å². The average Bonchev–Trinajstić information content (AvgIpc) is 3.54. The number of aromatic nitrogens is 4. The molecule has 0 radical (unpaired) electrons. The lowest BCUT2D eigenvalue weighted by Crippen LogP contribution is -2.20. The summed E-state index contributed by atoms with van der Waals surface area (Å²) in [4.78, 5) is 19.6. The monoisotopic (exact) mass is 431 g/mol. The Morgan fingerprint density at radius 1 is 1.09 bits per heavy atom. The van der Waals surface area contributed by atoms with Gasteiger partial charge in [0.2, 0.25) is 11.8 Å². The average molecular weight is 431 g/mol. The van der Waals surface area contributed by atoms with Gasteiger partial charge in [0, 0.05) is 30.9 Å². The molecule has 0 saturated carbocycles. The predicted octanol–water partition coefficient (Wildman–Crippen LogP) is 3.47. The van der Waals surface area contributed by atoms with E-state index < -0.39 is 0 Å². The van der Waals surface area contributed by atoms with Crippen LogP contribution in [0.25, 0.3) is 22.6 Å². The number of hydrogen-bond donors (Lipinski definition) is 1. The first-order valence-corrected chi connectivity index (χ1v) is 10.3. The van der Waals surface area contributed by atoms with Crippen LogP contribution in [-0.4, -0.2) is 38.8 Å². The minimum atomic E-state index is -0.343. The fraction of sp³-hybridized carbons (Fsp3) is 0.261. The quantitative estimate of drug-likeness (QED) is 0.439. The van der Waals surface area contributed by atoms with Gasteiger partial charge in [-0.05, 0) is 35.6 Å². The van der Waals surface area contributed by atoms with Crippen LogP contribution in [-0.2, 0) is 28.8 Å². The highest BCUT2D eigenvalue weighted by atomic mass is 16.5. The molecule has 0 fully saturated rings. The zero-order valence-electron chi connectivity index (χ0n) is 17.4. The summed E-state index contributed by atoms with van der Waals surface area (Å²) >= 11 is 0. The van der Waals surface area contributed by atoms with E-state index in [0.717, 1.165) is 24.0 Å². The van der Waals surface area contributed by atoms with Crippen LogP contribution in [0.2, 0.25) is 0 Å². The zero-order valence-corrected chi connectivity index (χ0v) is 17.4. The first-order chi connectivity index (χ1) is 15.6. The molecule has 1 aromatic carbocycles. The van der Waals surface area contributed by atoms with E-state index in [4.69, 9.17) is 13.6 Å². The SMILES string of the molecule is CC(=O)OCCc1nnc(-c2cnc(NC3Cc4ccc(-c5ccoc5)cc4C3)nc2)o1. The molecule has 1 N–H and O–H groups in total. The molecule has 32 heavy (non-hydrogen) atoms. The first-order valence-electron chi connectivity index (χ1n) is 10.3. The number of fused-ring (bicyclic) bond motifs is 1. The van der Waals surface area contributed by atoms with Gasteiger partial charge in [0.05, 0.1) is 24.5 Å². The Hall–Kier alpha value is -4.01. The number of anilines is 1. The number of rotatable bonds is 7. The van der Waals surface area contributed by atoms with E-state index >= 15 is 0 Å². The van der Waals surface area contributed by atoms with Crippen LogP contribution in [0.4, 0.5) is 5.95 Å². The maximum absolute atomic E-state index is 10.8. The number of carbonyl (C=O) groups is 1. The number of nitrogens with one attached hydrogen (secondary N) is 1. The van der Waals surface area contributed by atoms with Gasteiger partial charge >= 0.3 is 5.97 Å². The van der Waals surface area contributed by atoms with E-state index in [9.17, 15) is 4.79 Å². The molecule has 4 aromatic rings. The van der Waals surface area contributed by atoms with Gasteiger partial charge in [-0.1, -0.05) is 18.2 Å².